The third kappa shape index (κ3) is 6.88. The summed E-state index contributed by atoms with van der Waals surface area (Å²) in [6.45, 7) is 4.60. The molecule has 0 spiro atoms. The van der Waals surface area contributed by atoms with E-state index in [9.17, 15) is 22.4 Å². The molecule has 0 radical (unpaired) electrons. The van der Waals surface area contributed by atoms with Crippen molar-refractivity contribution in [3.05, 3.63) is 42.2 Å². The molecule has 1 saturated heterocycles. The van der Waals surface area contributed by atoms with Gasteiger partial charge in [-0.15, -0.1) is 0 Å². The minimum Gasteiger partial charge on any atom is -0.475 e. The lowest BCUT2D eigenvalue weighted by molar-refractivity contribution is -0.192. The molecule has 1 unspecified atom stereocenters. The maximum atomic E-state index is 13.2. The molecule has 2 aromatic heterocycles. The SMILES string of the molecule is O=C(CC1CN(c2ncc(F)cn2)Cc2cccn2C1)N1CCOCC1.O=C(O)C(F)(F)F. The number of carbonyl (C=O) groups excluding carboxylic acids is 1. The zero-order valence-electron chi connectivity index (χ0n) is 17.5. The van der Waals surface area contributed by atoms with Crippen LogP contribution < -0.4 is 4.90 Å². The van der Waals surface area contributed by atoms with Gasteiger partial charge in [-0.3, -0.25) is 4.79 Å². The fourth-order valence-electron chi connectivity index (χ4n) is 3.62. The number of carboxylic acid groups (broad SMARTS) is 1. The third-order valence-corrected chi connectivity index (χ3v) is 5.17. The standard InChI is InChI=1S/C18H22FN5O2.C2HF3O2/c19-15-9-20-18(21-10-15)24-12-14(11-23-3-1-2-16(23)13-24)8-17(25)22-4-6-26-7-5-22;3-2(4,5)1(6)7/h1-3,9-10,14H,4-8,11-13H2;(H,6,7). The smallest absolute Gasteiger partial charge is 0.475 e. The molecule has 1 N–H and O–H groups in total. The van der Waals surface area contributed by atoms with Gasteiger partial charge < -0.3 is 24.2 Å². The number of carbonyl (C=O) groups is 2. The van der Waals surface area contributed by atoms with Crippen LogP contribution in [0.15, 0.2) is 30.7 Å². The van der Waals surface area contributed by atoms with Crippen LogP contribution in [0.1, 0.15) is 12.1 Å². The van der Waals surface area contributed by atoms with Crippen LogP contribution in [-0.2, 0) is 27.4 Å². The van der Waals surface area contributed by atoms with Gasteiger partial charge in [0.25, 0.3) is 0 Å². The monoisotopic (exact) mass is 473 g/mol. The maximum Gasteiger partial charge on any atom is 0.490 e. The number of carboxylic acids is 1. The van der Waals surface area contributed by atoms with Crippen LogP contribution in [0.3, 0.4) is 0 Å². The van der Waals surface area contributed by atoms with Crippen LogP contribution in [0.2, 0.25) is 0 Å². The van der Waals surface area contributed by atoms with Crippen molar-refractivity contribution in [2.24, 2.45) is 5.92 Å². The lowest BCUT2D eigenvalue weighted by atomic mass is 10.0. The number of aliphatic carboxylic acids is 1. The molecule has 180 valence electrons. The Balaban J connectivity index is 0.000000383. The molecule has 0 saturated carbocycles. The van der Waals surface area contributed by atoms with E-state index in [1.54, 1.807) is 0 Å². The third-order valence-electron chi connectivity index (χ3n) is 5.17. The van der Waals surface area contributed by atoms with Gasteiger partial charge >= 0.3 is 12.1 Å². The number of amides is 1. The Morgan fingerprint density at radius 1 is 1.15 bits per heavy atom. The van der Waals surface area contributed by atoms with Crippen LogP contribution in [0.5, 0.6) is 0 Å². The molecule has 13 heteroatoms. The molecule has 2 aliphatic rings. The molecule has 1 amide bonds. The lowest BCUT2D eigenvalue weighted by Gasteiger charge is -2.29. The number of halogens is 4. The molecule has 4 heterocycles. The Morgan fingerprint density at radius 2 is 1.79 bits per heavy atom. The summed E-state index contributed by atoms with van der Waals surface area (Å²) in [6, 6.07) is 4.06. The van der Waals surface area contributed by atoms with Crippen LogP contribution in [0, 0.1) is 11.7 Å². The van der Waals surface area contributed by atoms with Gasteiger partial charge in [0.05, 0.1) is 32.2 Å². The Morgan fingerprint density at radius 3 is 2.39 bits per heavy atom. The molecular weight excluding hydrogens is 450 g/mol. The normalized spacial score (nSPS) is 18.6. The van der Waals surface area contributed by atoms with Gasteiger partial charge in [0.2, 0.25) is 11.9 Å². The van der Waals surface area contributed by atoms with E-state index in [-0.39, 0.29) is 11.8 Å². The van der Waals surface area contributed by atoms with Crippen molar-refractivity contribution in [3.63, 3.8) is 0 Å². The summed E-state index contributed by atoms with van der Waals surface area (Å²) in [7, 11) is 0. The van der Waals surface area contributed by atoms with Gasteiger partial charge in [-0.2, -0.15) is 13.2 Å². The first kappa shape index (κ1) is 24.4. The van der Waals surface area contributed by atoms with Crippen LogP contribution in [-0.4, -0.2) is 75.4 Å². The summed E-state index contributed by atoms with van der Waals surface area (Å²) < 4.78 is 52.4. The molecule has 9 nitrogen and oxygen atoms in total. The van der Waals surface area contributed by atoms with Gasteiger partial charge in [0.1, 0.15) is 0 Å². The van der Waals surface area contributed by atoms with Gasteiger partial charge in [-0.25, -0.2) is 19.2 Å². The van der Waals surface area contributed by atoms with Crippen molar-refractivity contribution in [2.75, 3.05) is 37.7 Å². The Bertz CT molecular complexity index is 945. The minimum absolute atomic E-state index is 0.132. The molecule has 2 aliphatic heterocycles. The Kier molecular flexibility index (Phi) is 7.84. The van der Waals surface area contributed by atoms with E-state index in [0.717, 1.165) is 12.2 Å². The highest BCUT2D eigenvalue weighted by molar-refractivity contribution is 5.76. The summed E-state index contributed by atoms with van der Waals surface area (Å²) in [5.41, 5.74) is 1.14. The first-order chi connectivity index (χ1) is 15.6. The fourth-order valence-corrected chi connectivity index (χ4v) is 3.62. The van der Waals surface area contributed by atoms with Crippen molar-refractivity contribution in [1.29, 1.82) is 0 Å². The largest absolute Gasteiger partial charge is 0.490 e. The van der Waals surface area contributed by atoms with E-state index in [1.807, 2.05) is 22.1 Å². The van der Waals surface area contributed by atoms with Gasteiger partial charge in [0, 0.05) is 50.4 Å². The lowest BCUT2D eigenvalue weighted by Crippen LogP contribution is -2.42. The minimum atomic E-state index is -5.08. The fraction of sp³-hybridized carbons (Fsp3) is 0.500. The predicted molar refractivity (Wildman–Crippen MR) is 107 cm³/mol. The number of rotatable bonds is 3. The molecule has 1 fully saturated rings. The molecule has 33 heavy (non-hydrogen) atoms. The predicted octanol–water partition coefficient (Wildman–Crippen LogP) is 1.94. The summed E-state index contributed by atoms with van der Waals surface area (Å²) in [5, 5.41) is 7.12. The van der Waals surface area contributed by atoms with Crippen molar-refractivity contribution in [3.8, 4) is 0 Å². The summed E-state index contributed by atoms with van der Waals surface area (Å²) >= 11 is 0. The van der Waals surface area contributed by atoms with Gasteiger partial charge in [0.15, 0.2) is 5.82 Å². The van der Waals surface area contributed by atoms with E-state index in [0.29, 0.717) is 51.8 Å². The number of nitrogens with zero attached hydrogens (tertiary/aromatic N) is 5. The zero-order valence-corrected chi connectivity index (χ0v) is 17.5. The van der Waals surface area contributed by atoms with E-state index >= 15 is 0 Å². The van der Waals surface area contributed by atoms with E-state index in [1.165, 1.54) is 12.4 Å². The number of hydrogen-bond donors (Lipinski definition) is 1. The summed E-state index contributed by atoms with van der Waals surface area (Å²) in [5.74, 6) is -2.43. The number of ether oxygens (including phenoxy) is 1. The zero-order chi connectivity index (χ0) is 24.0. The molecule has 0 aromatic carbocycles. The average Bonchev–Trinajstić information content (AvgIpc) is 3.13. The molecule has 4 rings (SSSR count). The van der Waals surface area contributed by atoms with E-state index in [2.05, 4.69) is 20.6 Å². The molecule has 2 aromatic rings. The Hall–Kier alpha value is -3.22. The first-order valence-corrected chi connectivity index (χ1v) is 10.2. The molecule has 0 aliphatic carbocycles. The second-order valence-corrected chi connectivity index (χ2v) is 7.60. The number of anilines is 1. The number of aromatic nitrogens is 3. The highest BCUT2D eigenvalue weighted by atomic mass is 19.4. The number of alkyl halides is 3. The van der Waals surface area contributed by atoms with Gasteiger partial charge in [-0.05, 0) is 12.1 Å². The summed E-state index contributed by atoms with van der Waals surface area (Å²) in [6.07, 6.45) is -0.216. The number of morpholine rings is 1. The van der Waals surface area contributed by atoms with Crippen molar-refractivity contribution < 1.29 is 37.0 Å². The molecular formula is C20H23F4N5O4. The van der Waals surface area contributed by atoms with Crippen LogP contribution in [0.25, 0.3) is 0 Å². The van der Waals surface area contributed by atoms with Crippen molar-refractivity contribution >= 4 is 17.8 Å². The van der Waals surface area contributed by atoms with Gasteiger partial charge in [-0.1, -0.05) is 0 Å². The first-order valence-electron chi connectivity index (χ1n) is 10.2. The van der Waals surface area contributed by atoms with Crippen molar-refractivity contribution in [1.82, 2.24) is 19.4 Å². The van der Waals surface area contributed by atoms with E-state index in [4.69, 9.17) is 14.6 Å². The number of hydrogen-bond acceptors (Lipinski definition) is 6. The average molecular weight is 473 g/mol. The second-order valence-electron chi connectivity index (χ2n) is 7.60. The molecule has 0 bridgehead atoms. The van der Waals surface area contributed by atoms with Crippen LogP contribution >= 0.6 is 0 Å². The quantitative estimate of drug-likeness (QED) is 0.680. The topological polar surface area (TPSA) is 101 Å². The van der Waals surface area contributed by atoms with Crippen LogP contribution in [0.4, 0.5) is 23.5 Å². The number of fused-ring (bicyclic) bond motifs is 1. The maximum absolute atomic E-state index is 13.2. The second kappa shape index (κ2) is 10.6. The van der Waals surface area contributed by atoms with Crippen molar-refractivity contribution in [2.45, 2.75) is 25.7 Å². The highest BCUT2D eigenvalue weighted by Crippen LogP contribution is 2.23. The molecule has 1 atom stereocenters. The summed E-state index contributed by atoms with van der Waals surface area (Å²) in [4.78, 5) is 33.7. The Labute approximate surface area is 186 Å². The highest BCUT2D eigenvalue weighted by Gasteiger charge is 2.38. The van der Waals surface area contributed by atoms with E-state index < -0.39 is 18.0 Å².